The summed E-state index contributed by atoms with van der Waals surface area (Å²) in [6, 6.07) is 12.6. The molecule has 1 aliphatic heterocycles. The summed E-state index contributed by atoms with van der Waals surface area (Å²) in [6.45, 7) is 12.5. The summed E-state index contributed by atoms with van der Waals surface area (Å²) in [7, 11) is 0. The molecule has 4 nitrogen and oxygen atoms in total. The Hall–Kier alpha value is -2.28. The normalized spacial score (nSPS) is 26.2. The van der Waals surface area contributed by atoms with E-state index in [1.807, 2.05) is 50.4 Å². The summed E-state index contributed by atoms with van der Waals surface area (Å²) in [5.74, 6) is -0.174. The Balaban J connectivity index is 1.81. The lowest BCUT2D eigenvalue weighted by molar-refractivity contribution is -0.129. The first-order valence-corrected chi connectivity index (χ1v) is 10.4. The quantitative estimate of drug-likeness (QED) is 0.549. The van der Waals surface area contributed by atoms with Crippen LogP contribution in [0.5, 0.6) is 0 Å². The van der Waals surface area contributed by atoms with Gasteiger partial charge < -0.3 is 9.80 Å². The molecule has 2 atom stereocenters. The summed E-state index contributed by atoms with van der Waals surface area (Å²) < 4.78 is 0. The molecule has 28 heavy (non-hydrogen) atoms. The fourth-order valence-electron chi connectivity index (χ4n) is 5.38. The van der Waals surface area contributed by atoms with Gasteiger partial charge in [0.25, 0.3) is 5.91 Å². The number of nitriles is 1. The van der Waals surface area contributed by atoms with Gasteiger partial charge in [0.05, 0.1) is 0 Å². The molecular weight excluding hydrogens is 346 g/mol. The molecule has 0 radical (unpaired) electrons. The monoisotopic (exact) mass is 379 g/mol. The van der Waals surface area contributed by atoms with Crippen LogP contribution in [0.1, 0.15) is 59.4 Å². The predicted octanol–water partition coefficient (Wildman–Crippen LogP) is 4.73. The fourth-order valence-corrected chi connectivity index (χ4v) is 5.38. The van der Waals surface area contributed by atoms with Crippen molar-refractivity contribution in [2.75, 3.05) is 6.54 Å². The van der Waals surface area contributed by atoms with E-state index in [0.717, 1.165) is 24.9 Å². The molecule has 2 fully saturated rings. The molecule has 150 valence electrons. The topological polar surface area (TPSA) is 47.3 Å². The Morgan fingerprint density at radius 3 is 2.57 bits per heavy atom. The van der Waals surface area contributed by atoms with Crippen molar-refractivity contribution in [1.82, 2.24) is 9.80 Å². The molecule has 1 aliphatic carbocycles. The number of fused-ring (bicyclic) bond motifs is 2. The van der Waals surface area contributed by atoms with Gasteiger partial charge in [-0.1, -0.05) is 51.1 Å². The third kappa shape index (κ3) is 4.41. The second-order valence-electron chi connectivity index (χ2n) is 10.1. The van der Waals surface area contributed by atoms with Gasteiger partial charge >= 0.3 is 0 Å². The molecule has 1 aromatic carbocycles. The van der Waals surface area contributed by atoms with Crippen LogP contribution in [0, 0.1) is 22.2 Å². The first-order chi connectivity index (χ1) is 13.1. The molecule has 1 saturated heterocycles. The Labute approximate surface area is 169 Å². The van der Waals surface area contributed by atoms with Crippen LogP contribution in [-0.4, -0.2) is 34.3 Å². The van der Waals surface area contributed by atoms with Crippen molar-refractivity contribution in [2.24, 2.45) is 10.8 Å². The number of rotatable bonds is 5. The van der Waals surface area contributed by atoms with E-state index in [0.29, 0.717) is 18.0 Å². The van der Waals surface area contributed by atoms with E-state index < -0.39 is 0 Å². The first-order valence-electron chi connectivity index (χ1n) is 10.4. The highest BCUT2D eigenvalue weighted by Gasteiger charge is 2.49. The minimum Gasteiger partial charge on any atom is -0.373 e. The van der Waals surface area contributed by atoms with Crippen molar-refractivity contribution in [1.29, 1.82) is 5.26 Å². The van der Waals surface area contributed by atoms with E-state index in [4.69, 9.17) is 0 Å². The molecule has 1 amide bonds. The van der Waals surface area contributed by atoms with Crippen LogP contribution in [0.15, 0.2) is 42.1 Å². The van der Waals surface area contributed by atoms with Crippen LogP contribution >= 0.6 is 0 Å². The van der Waals surface area contributed by atoms with Gasteiger partial charge in [-0.2, -0.15) is 5.26 Å². The summed E-state index contributed by atoms with van der Waals surface area (Å²) in [5.41, 5.74) is 1.91. The highest BCUT2D eigenvalue weighted by Crippen LogP contribution is 2.52. The third-order valence-electron chi connectivity index (χ3n) is 6.18. The Kier molecular flexibility index (Phi) is 5.57. The van der Waals surface area contributed by atoms with Gasteiger partial charge in [-0.15, -0.1) is 0 Å². The van der Waals surface area contributed by atoms with E-state index >= 15 is 0 Å². The van der Waals surface area contributed by atoms with Crippen LogP contribution in [0.2, 0.25) is 0 Å². The summed E-state index contributed by atoms with van der Waals surface area (Å²) >= 11 is 0. The molecule has 2 bridgehead atoms. The minimum atomic E-state index is -0.174. The molecule has 1 aromatic rings. The van der Waals surface area contributed by atoms with Gasteiger partial charge in [-0.25, -0.2) is 0 Å². The molecular formula is C24H33N3O. The van der Waals surface area contributed by atoms with E-state index in [1.165, 1.54) is 6.42 Å². The molecule has 1 heterocycles. The summed E-state index contributed by atoms with van der Waals surface area (Å²) in [6.07, 6.45) is 5.31. The van der Waals surface area contributed by atoms with Gasteiger partial charge in [0.2, 0.25) is 0 Å². The van der Waals surface area contributed by atoms with Crippen LogP contribution in [0.4, 0.5) is 0 Å². The van der Waals surface area contributed by atoms with Crippen molar-refractivity contribution in [3.05, 3.63) is 47.7 Å². The maximum absolute atomic E-state index is 13.2. The van der Waals surface area contributed by atoms with Crippen molar-refractivity contribution < 1.29 is 4.79 Å². The second-order valence-corrected chi connectivity index (χ2v) is 10.1. The van der Waals surface area contributed by atoms with Crippen LogP contribution in [-0.2, 0) is 11.3 Å². The molecule has 3 rings (SSSR count). The van der Waals surface area contributed by atoms with Crippen molar-refractivity contribution >= 4 is 5.91 Å². The first kappa shape index (κ1) is 20.5. The Bertz CT molecular complexity index is 790. The molecule has 0 N–H and O–H groups in total. The number of amides is 1. The van der Waals surface area contributed by atoms with Gasteiger partial charge in [0.1, 0.15) is 11.6 Å². The summed E-state index contributed by atoms with van der Waals surface area (Å²) in [5, 5.41) is 9.77. The van der Waals surface area contributed by atoms with Gasteiger partial charge in [0.15, 0.2) is 0 Å². The highest BCUT2D eigenvalue weighted by atomic mass is 16.2. The number of likely N-dealkylation sites (tertiary alicyclic amines) is 1. The zero-order valence-electron chi connectivity index (χ0n) is 17.9. The highest BCUT2D eigenvalue weighted by molar-refractivity contribution is 5.97. The molecule has 2 aliphatic rings. The zero-order chi connectivity index (χ0) is 20.5. The standard InChI is InChI=1S/C24H33N3O/c1-18(2)27(14-19-9-7-6-8-10-19)22(28)20(13-25)15-26-17-24(5)12-21(26)11-23(3,4)16-24/h6-10,15,18,21H,11-12,14,16-17H2,1-5H3/b20-15-. The molecule has 4 heteroatoms. The molecule has 2 unspecified atom stereocenters. The molecule has 0 spiro atoms. The molecule has 1 saturated carbocycles. The van der Waals surface area contributed by atoms with Gasteiger partial charge in [0, 0.05) is 31.4 Å². The van der Waals surface area contributed by atoms with Crippen molar-refractivity contribution in [2.45, 2.75) is 72.5 Å². The van der Waals surface area contributed by atoms with Crippen molar-refractivity contribution in [3.63, 3.8) is 0 Å². The average molecular weight is 380 g/mol. The fraction of sp³-hybridized carbons (Fsp3) is 0.583. The number of carbonyl (C=O) groups excluding carboxylic acids is 1. The van der Waals surface area contributed by atoms with Crippen LogP contribution in [0.3, 0.4) is 0 Å². The predicted molar refractivity (Wildman–Crippen MR) is 112 cm³/mol. The number of hydrogen-bond donors (Lipinski definition) is 0. The van der Waals surface area contributed by atoms with E-state index in [9.17, 15) is 10.1 Å². The maximum atomic E-state index is 13.2. The smallest absolute Gasteiger partial charge is 0.266 e. The number of benzene rings is 1. The van der Waals surface area contributed by atoms with Crippen LogP contribution < -0.4 is 0 Å². The SMILES string of the molecule is CC(C)N(Cc1ccccc1)C(=O)/C(C#N)=C\N1CC2(C)CC1CC(C)(C)C2. The number of carbonyl (C=O) groups is 1. The van der Waals surface area contributed by atoms with E-state index in [1.54, 1.807) is 4.90 Å². The van der Waals surface area contributed by atoms with Crippen LogP contribution in [0.25, 0.3) is 0 Å². The second kappa shape index (κ2) is 7.62. The average Bonchev–Trinajstić information content (AvgIpc) is 2.85. The number of hydrogen-bond acceptors (Lipinski definition) is 3. The van der Waals surface area contributed by atoms with E-state index in [-0.39, 0.29) is 22.9 Å². The minimum absolute atomic E-state index is 0.0266. The number of nitrogens with zero attached hydrogens (tertiary/aromatic N) is 3. The Morgan fingerprint density at radius 2 is 1.96 bits per heavy atom. The third-order valence-corrected chi connectivity index (χ3v) is 6.18. The van der Waals surface area contributed by atoms with Gasteiger partial charge in [-0.05, 0) is 49.5 Å². The Morgan fingerprint density at radius 1 is 1.29 bits per heavy atom. The van der Waals surface area contributed by atoms with Crippen molar-refractivity contribution in [3.8, 4) is 6.07 Å². The lowest BCUT2D eigenvalue weighted by Crippen LogP contribution is -2.38. The molecule has 0 aromatic heterocycles. The maximum Gasteiger partial charge on any atom is 0.266 e. The lowest BCUT2D eigenvalue weighted by atomic mass is 9.65. The summed E-state index contributed by atoms with van der Waals surface area (Å²) in [4.78, 5) is 17.3. The zero-order valence-corrected chi connectivity index (χ0v) is 17.9. The van der Waals surface area contributed by atoms with E-state index in [2.05, 4.69) is 31.7 Å². The largest absolute Gasteiger partial charge is 0.373 e. The van der Waals surface area contributed by atoms with Gasteiger partial charge in [-0.3, -0.25) is 4.79 Å². The lowest BCUT2D eigenvalue weighted by Gasteiger charge is -2.39.